The van der Waals surface area contributed by atoms with Crippen LogP contribution in [-0.2, 0) is 17.9 Å². The molecule has 0 saturated carbocycles. The molecule has 0 radical (unpaired) electrons. The van der Waals surface area contributed by atoms with E-state index in [0.29, 0.717) is 17.3 Å². The molecule has 1 heterocycles. The van der Waals surface area contributed by atoms with E-state index in [9.17, 15) is 4.79 Å². The predicted molar refractivity (Wildman–Crippen MR) is 101 cm³/mol. The van der Waals surface area contributed by atoms with Gasteiger partial charge in [-0.3, -0.25) is 4.79 Å². The number of aryl methyl sites for hydroxylation is 1. The number of benzene rings is 2. The summed E-state index contributed by atoms with van der Waals surface area (Å²) in [6.07, 6.45) is 5.47. The summed E-state index contributed by atoms with van der Waals surface area (Å²) in [6, 6.07) is 13.6. The van der Waals surface area contributed by atoms with Gasteiger partial charge in [0.15, 0.2) is 6.61 Å². The molecule has 134 valence electrons. The van der Waals surface area contributed by atoms with Crippen LogP contribution in [0.3, 0.4) is 0 Å². The Morgan fingerprint density at radius 2 is 1.96 bits per heavy atom. The summed E-state index contributed by atoms with van der Waals surface area (Å²) in [5.41, 5.74) is 3.23. The number of ether oxygens (including phenoxy) is 1. The quantitative estimate of drug-likeness (QED) is 0.692. The van der Waals surface area contributed by atoms with Gasteiger partial charge in [0.05, 0.1) is 11.3 Å². The van der Waals surface area contributed by atoms with Crippen LogP contribution < -0.4 is 10.1 Å². The Balaban J connectivity index is 1.46. The Kier molecular flexibility index (Phi) is 5.92. The first-order chi connectivity index (χ1) is 12.6. The van der Waals surface area contributed by atoms with Gasteiger partial charge in [0.25, 0.3) is 5.91 Å². The number of imidazole rings is 1. The van der Waals surface area contributed by atoms with Gasteiger partial charge in [0.2, 0.25) is 0 Å². The molecular weight excluding hydrogens is 350 g/mol. The van der Waals surface area contributed by atoms with Crippen LogP contribution in [0.1, 0.15) is 16.7 Å². The third kappa shape index (κ3) is 5.10. The molecule has 0 aliphatic heterocycles. The largest absolute Gasteiger partial charge is 0.482 e. The van der Waals surface area contributed by atoms with Gasteiger partial charge in [-0.1, -0.05) is 41.9 Å². The molecule has 5 nitrogen and oxygen atoms in total. The molecule has 1 aromatic heterocycles. The highest BCUT2D eigenvalue weighted by atomic mass is 35.5. The molecule has 26 heavy (non-hydrogen) atoms. The zero-order valence-corrected chi connectivity index (χ0v) is 15.2. The Labute approximate surface area is 157 Å². The average molecular weight is 370 g/mol. The number of hydrogen-bond donors (Lipinski definition) is 1. The topological polar surface area (TPSA) is 56.1 Å². The van der Waals surface area contributed by atoms with Gasteiger partial charge in [-0.05, 0) is 35.7 Å². The first-order valence-corrected chi connectivity index (χ1v) is 8.67. The first kappa shape index (κ1) is 18.0. The van der Waals surface area contributed by atoms with Gasteiger partial charge < -0.3 is 14.6 Å². The fourth-order valence-electron chi connectivity index (χ4n) is 2.47. The molecule has 1 amide bonds. The summed E-state index contributed by atoms with van der Waals surface area (Å²) in [6.45, 7) is 3.11. The van der Waals surface area contributed by atoms with Crippen molar-refractivity contribution < 1.29 is 9.53 Å². The van der Waals surface area contributed by atoms with Gasteiger partial charge in [-0.15, -0.1) is 0 Å². The highest BCUT2D eigenvalue weighted by molar-refractivity contribution is 6.32. The number of amides is 1. The second-order valence-electron chi connectivity index (χ2n) is 6.05. The minimum Gasteiger partial charge on any atom is -0.482 e. The van der Waals surface area contributed by atoms with Crippen LogP contribution in [0.25, 0.3) is 0 Å². The maximum Gasteiger partial charge on any atom is 0.258 e. The van der Waals surface area contributed by atoms with Crippen molar-refractivity contribution in [3.8, 4) is 5.75 Å². The van der Waals surface area contributed by atoms with E-state index in [0.717, 1.165) is 17.7 Å². The first-order valence-electron chi connectivity index (χ1n) is 8.29. The van der Waals surface area contributed by atoms with Crippen molar-refractivity contribution in [2.75, 3.05) is 6.61 Å². The van der Waals surface area contributed by atoms with Gasteiger partial charge in [-0.2, -0.15) is 0 Å². The van der Waals surface area contributed by atoms with Gasteiger partial charge in [-0.25, -0.2) is 4.98 Å². The zero-order valence-electron chi connectivity index (χ0n) is 14.5. The normalized spacial score (nSPS) is 10.5. The van der Waals surface area contributed by atoms with Crippen molar-refractivity contribution in [3.63, 3.8) is 0 Å². The number of rotatable bonds is 7. The molecular formula is C20H20ClN3O2. The van der Waals surface area contributed by atoms with Crippen LogP contribution in [0.15, 0.2) is 61.2 Å². The molecule has 0 fully saturated rings. The van der Waals surface area contributed by atoms with E-state index < -0.39 is 0 Å². The smallest absolute Gasteiger partial charge is 0.258 e. The second kappa shape index (κ2) is 8.54. The molecule has 0 spiro atoms. The molecule has 0 atom stereocenters. The summed E-state index contributed by atoms with van der Waals surface area (Å²) in [5.74, 6) is 0.329. The SMILES string of the molecule is Cc1ccc(Cl)c(OCC(=O)NCc2ccc(Cn3ccnc3)cc2)c1. The number of aromatic nitrogens is 2. The standard InChI is InChI=1S/C20H20ClN3O2/c1-15-2-7-18(21)19(10-15)26-13-20(25)23-11-16-3-5-17(6-4-16)12-24-9-8-22-14-24/h2-10,14H,11-13H2,1H3,(H,23,25). The van der Waals surface area contributed by atoms with Crippen LogP contribution in [0.2, 0.25) is 5.02 Å². The van der Waals surface area contributed by atoms with Gasteiger partial charge >= 0.3 is 0 Å². The van der Waals surface area contributed by atoms with Crippen molar-refractivity contribution >= 4 is 17.5 Å². The Bertz CT molecular complexity index is 861. The third-order valence-electron chi connectivity index (χ3n) is 3.88. The lowest BCUT2D eigenvalue weighted by molar-refractivity contribution is -0.123. The molecule has 1 N–H and O–H groups in total. The van der Waals surface area contributed by atoms with Crippen molar-refractivity contribution in [1.29, 1.82) is 0 Å². The van der Waals surface area contributed by atoms with E-state index in [1.165, 1.54) is 5.56 Å². The number of carbonyl (C=O) groups excluding carboxylic acids is 1. The fraction of sp³-hybridized carbons (Fsp3) is 0.200. The van der Waals surface area contributed by atoms with Gasteiger partial charge in [0, 0.05) is 25.5 Å². The van der Waals surface area contributed by atoms with Gasteiger partial charge in [0.1, 0.15) is 5.75 Å². The lowest BCUT2D eigenvalue weighted by Crippen LogP contribution is -2.28. The molecule has 0 saturated heterocycles. The lowest BCUT2D eigenvalue weighted by Gasteiger charge is -2.10. The lowest BCUT2D eigenvalue weighted by atomic mass is 10.1. The Morgan fingerprint density at radius 3 is 2.69 bits per heavy atom. The zero-order chi connectivity index (χ0) is 18.4. The van der Waals surface area contributed by atoms with Crippen molar-refractivity contribution in [1.82, 2.24) is 14.9 Å². The predicted octanol–water partition coefficient (Wildman–Crippen LogP) is 3.59. The molecule has 0 aliphatic carbocycles. The molecule has 3 rings (SSSR count). The molecule has 0 bridgehead atoms. The molecule has 0 unspecified atom stereocenters. The van der Waals surface area contributed by atoms with Crippen LogP contribution in [0, 0.1) is 6.92 Å². The summed E-state index contributed by atoms with van der Waals surface area (Å²) in [5, 5.41) is 3.34. The summed E-state index contributed by atoms with van der Waals surface area (Å²) in [7, 11) is 0. The van der Waals surface area contributed by atoms with E-state index in [4.69, 9.17) is 16.3 Å². The second-order valence-corrected chi connectivity index (χ2v) is 6.46. The number of carbonyl (C=O) groups is 1. The van der Waals surface area contributed by atoms with Crippen LogP contribution in [0.5, 0.6) is 5.75 Å². The van der Waals surface area contributed by atoms with E-state index in [1.54, 1.807) is 18.6 Å². The summed E-state index contributed by atoms with van der Waals surface area (Å²) < 4.78 is 7.50. The fourth-order valence-corrected chi connectivity index (χ4v) is 2.64. The average Bonchev–Trinajstić information content (AvgIpc) is 3.15. The van der Waals surface area contributed by atoms with Crippen molar-refractivity contribution in [2.45, 2.75) is 20.0 Å². The van der Waals surface area contributed by atoms with E-state index in [1.807, 2.05) is 54.1 Å². The summed E-state index contributed by atoms with van der Waals surface area (Å²) >= 11 is 6.06. The summed E-state index contributed by atoms with van der Waals surface area (Å²) in [4.78, 5) is 16.0. The monoisotopic (exact) mass is 369 g/mol. The van der Waals surface area contributed by atoms with E-state index in [-0.39, 0.29) is 12.5 Å². The molecule has 6 heteroatoms. The third-order valence-corrected chi connectivity index (χ3v) is 4.19. The van der Waals surface area contributed by atoms with Crippen molar-refractivity contribution in [3.05, 3.63) is 82.9 Å². The number of halogens is 1. The van der Waals surface area contributed by atoms with E-state index in [2.05, 4.69) is 10.3 Å². The molecule has 3 aromatic rings. The Morgan fingerprint density at radius 1 is 1.19 bits per heavy atom. The van der Waals surface area contributed by atoms with Crippen LogP contribution in [-0.4, -0.2) is 22.1 Å². The molecule has 2 aromatic carbocycles. The minimum absolute atomic E-state index is 0.0676. The number of hydrogen-bond acceptors (Lipinski definition) is 3. The van der Waals surface area contributed by atoms with Crippen molar-refractivity contribution in [2.24, 2.45) is 0 Å². The maximum atomic E-state index is 12.0. The minimum atomic E-state index is -0.190. The number of nitrogens with zero attached hydrogens (tertiary/aromatic N) is 2. The molecule has 0 aliphatic rings. The maximum absolute atomic E-state index is 12.0. The highest BCUT2D eigenvalue weighted by Gasteiger charge is 2.06. The Hall–Kier alpha value is -2.79. The van der Waals surface area contributed by atoms with Crippen LogP contribution >= 0.6 is 11.6 Å². The van der Waals surface area contributed by atoms with Crippen LogP contribution in [0.4, 0.5) is 0 Å². The number of nitrogens with one attached hydrogen (secondary N) is 1. The van der Waals surface area contributed by atoms with E-state index >= 15 is 0 Å². The highest BCUT2D eigenvalue weighted by Crippen LogP contribution is 2.25.